The number of benzene rings is 7. The second-order valence-corrected chi connectivity index (χ2v) is 13.4. The summed E-state index contributed by atoms with van der Waals surface area (Å²) in [4.78, 5) is 16.7. The SMILES string of the molecule is N#Cc1cc(N2c3ccccc3C3(c4ccccc4Oc4ccccc43)c3ccccc32)cc(C#N)c1-c1nc(-c2ccccc2)nc(-c2ccccc2)n1. The molecule has 7 aromatic carbocycles. The van der Waals surface area contributed by atoms with Crippen molar-refractivity contribution in [1.29, 1.82) is 10.5 Å². The van der Waals surface area contributed by atoms with Crippen LogP contribution in [-0.2, 0) is 5.41 Å². The van der Waals surface area contributed by atoms with Gasteiger partial charge in [0.05, 0.1) is 33.5 Å². The van der Waals surface area contributed by atoms with Gasteiger partial charge in [-0.1, -0.05) is 133 Å². The van der Waals surface area contributed by atoms with E-state index in [2.05, 4.69) is 77.7 Å². The predicted molar refractivity (Wildman–Crippen MR) is 212 cm³/mol. The van der Waals surface area contributed by atoms with Crippen molar-refractivity contribution >= 4 is 17.1 Å². The van der Waals surface area contributed by atoms with E-state index in [1.807, 2.05) is 109 Å². The lowest BCUT2D eigenvalue weighted by Gasteiger charge is -2.48. The Morgan fingerprint density at radius 2 is 0.855 bits per heavy atom. The van der Waals surface area contributed by atoms with Crippen molar-refractivity contribution in [2.24, 2.45) is 0 Å². The van der Waals surface area contributed by atoms with Crippen molar-refractivity contribution in [2.75, 3.05) is 4.90 Å². The van der Waals surface area contributed by atoms with Crippen LogP contribution in [0.1, 0.15) is 33.4 Å². The summed E-state index contributed by atoms with van der Waals surface area (Å²) in [5, 5.41) is 21.7. The highest BCUT2D eigenvalue weighted by molar-refractivity contribution is 5.92. The first-order valence-electron chi connectivity index (χ1n) is 17.9. The molecule has 1 aromatic heterocycles. The lowest BCUT2D eigenvalue weighted by atomic mass is 9.61. The van der Waals surface area contributed by atoms with Crippen LogP contribution in [0.4, 0.5) is 17.1 Å². The number of para-hydroxylation sites is 4. The molecule has 55 heavy (non-hydrogen) atoms. The first-order valence-corrected chi connectivity index (χ1v) is 17.9. The second kappa shape index (κ2) is 12.7. The lowest BCUT2D eigenvalue weighted by Crippen LogP contribution is -2.39. The summed E-state index contributed by atoms with van der Waals surface area (Å²) in [6, 6.07) is 60.9. The van der Waals surface area contributed by atoms with E-state index < -0.39 is 5.41 Å². The van der Waals surface area contributed by atoms with E-state index >= 15 is 0 Å². The zero-order chi connectivity index (χ0) is 36.9. The highest BCUT2D eigenvalue weighted by Crippen LogP contribution is 2.62. The highest BCUT2D eigenvalue weighted by Gasteiger charge is 2.51. The van der Waals surface area contributed by atoms with Gasteiger partial charge in [-0.3, -0.25) is 0 Å². The average Bonchev–Trinajstić information content (AvgIpc) is 3.26. The molecule has 0 aliphatic carbocycles. The van der Waals surface area contributed by atoms with E-state index in [9.17, 15) is 10.5 Å². The first kappa shape index (κ1) is 31.8. The van der Waals surface area contributed by atoms with Crippen LogP contribution < -0.4 is 9.64 Å². The lowest BCUT2D eigenvalue weighted by molar-refractivity contribution is 0.434. The summed E-state index contributed by atoms with van der Waals surface area (Å²) in [5.74, 6) is 2.74. The van der Waals surface area contributed by atoms with Gasteiger partial charge < -0.3 is 9.64 Å². The molecule has 0 bridgehead atoms. The largest absolute Gasteiger partial charge is 0.457 e. The smallest absolute Gasteiger partial charge is 0.166 e. The van der Waals surface area contributed by atoms with Gasteiger partial charge in [-0.15, -0.1) is 0 Å². The Morgan fingerprint density at radius 1 is 0.455 bits per heavy atom. The van der Waals surface area contributed by atoms with Crippen LogP contribution in [0.15, 0.2) is 170 Å². The molecule has 0 saturated heterocycles. The van der Waals surface area contributed by atoms with Gasteiger partial charge in [-0.2, -0.15) is 10.5 Å². The number of aromatic nitrogens is 3. The maximum Gasteiger partial charge on any atom is 0.166 e. The van der Waals surface area contributed by atoms with Crippen LogP contribution in [0.5, 0.6) is 11.5 Å². The number of anilines is 3. The van der Waals surface area contributed by atoms with Crippen molar-refractivity contribution < 1.29 is 4.74 Å². The third-order valence-corrected chi connectivity index (χ3v) is 10.4. The second-order valence-electron chi connectivity index (χ2n) is 13.4. The number of nitrogens with zero attached hydrogens (tertiary/aromatic N) is 6. The normalized spacial score (nSPS) is 12.9. The fourth-order valence-electron chi connectivity index (χ4n) is 8.19. The van der Waals surface area contributed by atoms with Gasteiger partial charge in [-0.05, 0) is 47.5 Å². The van der Waals surface area contributed by atoms with E-state index in [0.717, 1.165) is 56.3 Å². The molecule has 3 heterocycles. The molecule has 256 valence electrons. The Bertz CT molecular complexity index is 2710. The van der Waals surface area contributed by atoms with Crippen molar-refractivity contribution in [3.63, 3.8) is 0 Å². The summed E-state index contributed by atoms with van der Waals surface area (Å²) in [6.45, 7) is 0. The Morgan fingerprint density at radius 3 is 1.33 bits per heavy atom. The van der Waals surface area contributed by atoms with Crippen LogP contribution >= 0.6 is 0 Å². The van der Waals surface area contributed by atoms with Gasteiger partial charge in [0, 0.05) is 27.9 Å². The number of fused-ring (bicyclic) bond motifs is 8. The maximum absolute atomic E-state index is 10.8. The van der Waals surface area contributed by atoms with E-state index in [1.165, 1.54) is 0 Å². The summed E-state index contributed by atoms with van der Waals surface area (Å²) < 4.78 is 6.53. The van der Waals surface area contributed by atoms with E-state index in [0.29, 0.717) is 22.9 Å². The van der Waals surface area contributed by atoms with Gasteiger partial charge >= 0.3 is 0 Å². The van der Waals surface area contributed by atoms with Crippen LogP contribution in [0.3, 0.4) is 0 Å². The van der Waals surface area contributed by atoms with Gasteiger partial charge in [0.1, 0.15) is 23.6 Å². The zero-order valence-corrected chi connectivity index (χ0v) is 29.3. The molecule has 0 saturated carbocycles. The molecule has 0 unspecified atom stereocenters. The summed E-state index contributed by atoms with van der Waals surface area (Å²) in [6.07, 6.45) is 0. The monoisotopic (exact) mass is 704 g/mol. The van der Waals surface area contributed by atoms with Gasteiger partial charge in [0.25, 0.3) is 0 Å². The molecule has 1 spiro atoms. The van der Waals surface area contributed by atoms with Gasteiger partial charge in [0.15, 0.2) is 17.5 Å². The molecule has 10 rings (SSSR count). The minimum absolute atomic E-state index is 0.251. The van der Waals surface area contributed by atoms with E-state index in [1.54, 1.807) is 0 Å². The molecule has 0 fully saturated rings. The summed E-state index contributed by atoms with van der Waals surface area (Å²) in [7, 11) is 0. The Balaban J connectivity index is 1.21. The molecule has 7 heteroatoms. The third-order valence-electron chi connectivity index (χ3n) is 10.4. The van der Waals surface area contributed by atoms with E-state index in [4.69, 9.17) is 19.7 Å². The minimum Gasteiger partial charge on any atom is -0.457 e. The molecule has 2 aliphatic heterocycles. The summed E-state index contributed by atoms with van der Waals surface area (Å²) in [5.41, 5.74) is 8.47. The molecule has 0 radical (unpaired) electrons. The average molecular weight is 705 g/mol. The fraction of sp³-hybridized carbons (Fsp3) is 0.0208. The number of hydrogen-bond donors (Lipinski definition) is 0. The Hall–Kier alpha value is -7.87. The fourth-order valence-corrected chi connectivity index (χ4v) is 8.19. The molecule has 0 atom stereocenters. The maximum atomic E-state index is 10.8. The zero-order valence-electron chi connectivity index (χ0n) is 29.3. The van der Waals surface area contributed by atoms with Crippen molar-refractivity contribution in [1.82, 2.24) is 15.0 Å². The van der Waals surface area contributed by atoms with Crippen molar-refractivity contribution in [2.45, 2.75) is 5.41 Å². The van der Waals surface area contributed by atoms with Crippen LogP contribution in [0.2, 0.25) is 0 Å². The predicted octanol–water partition coefficient (Wildman–Crippen LogP) is 10.9. The third kappa shape index (κ3) is 4.85. The van der Waals surface area contributed by atoms with Gasteiger partial charge in [-0.25, -0.2) is 15.0 Å². The number of rotatable bonds is 4. The van der Waals surface area contributed by atoms with E-state index in [-0.39, 0.29) is 17.0 Å². The quantitative estimate of drug-likeness (QED) is 0.180. The Labute approximate surface area is 317 Å². The van der Waals surface area contributed by atoms with Crippen LogP contribution in [-0.4, -0.2) is 15.0 Å². The van der Waals surface area contributed by atoms with Crippen molar-refractivity contribution in [3.05, 3.63) is 203 Å². The Kier molecular flexibility index (Phi) is 7.33. The molecule has 0 N–H and O–H groups in total. The van der Waals surface area contributed by atoms with Gasteiger partial charge in [0.2, 0.25) is 0 Å². The van der Waals surface area contributed by atoms with Crippen molar-refractivity contribution in [3.8, 4) is 57.8 Å². The standard InChI is InChI=1S/C48H28N6O/c49-29-33-27-35(28-34(30-50)44(33)47-52-45(31-15-3-1-4-16-31)51-46(53-47)32-17-5-2-6-18-32)54-40-23-11-7-19-36(40)48(37-20-8-12-24-41(37)54)38-21-9-13-25-42(38)55-43-26-14-10-22-39(43)48/h1-28H. The first-order chi connectivity index (χ1) is 27.2. The minimum atomic E-state index is -0.711. The summed E-state index contributed by atoms with van der Waals surface area (Å²) >= 11 is 0. The molecular weight excluding hydrogens is 677 g/mol. The molecule has 0 amide bonds. The number of hydrogen-bond acceptors (Lipinski definition) is 7. The molecule has 2 aliphatic rings. The molecule has 8 aromatic rings. The van der Waals surface area contributed by atoms with Crippen LogP contribution in [0.25, 0.3) is 34.2 Å². The van der Waals surface area contributed by atoms with Crippen LogP contribution in [0, 0.1) is 22.7 Å². The number of nitriles is 2. The molecule has 7 nitrogen and oxygen atoms in total. The highest BCUT2D eigenvalue weighted by atomic mass is 16.5. The molecular formula is C48H28N6O. The topological polar surface area (TPSA) is 98.7 Å². The number of ether oxygens (including phenoxy) is 1.